The van der Waals surface area contributed by atoms with Crippen LogP contribution in [0.2, 0.25) is 0 Å². The van der Waals surface area contributed by atoms with Gasteiger partial charge in [0.25, 0.3) is 5.91 Å². The van der Waals surface area contributed by atoms with Crippen LogP contribution in [0.5, 0.6) is 5.75 Å². The van der Waals surface area contributed by atoms with Crippen LogP contribution in [0, 0.1) is 0 Å². The van der Waals surface area contributed by atoms with Crippen LogP contribution >= 0.6 is 0 Å². The first kappa shape index (κ1) is 21.1. The number of para-hydroxylation sites is 1. The fourth-order valence-electron chi connectivity index (χ4n) is 3.63. The van der Waals surface area contributed by atoms with Crippen molar-refractivity contribution < 1.29 is 19.0 Å². The highest BCUT2D eigenvalue weighted by atomic mass is 16.5. The number of carbonyl (C=O) groups is 1. The molecule has 1 unspecified atom stereocenters. The summed E-state index contributed by atoms with van der Waals surface area (Å²) in [5, 5.41) is 3.58. The van der Waals surface area contributed by atoms with Crippen molar-refractivity contribution in [1.29, 1.82) is 0 Å². The van der Waals surface area contributed by atoms with Crippen molar-refractivity contribution in [3.63, 3.8) is 0 Å². The Bertz CT molecular complexity index is 826. The Morgan fingerprint density at radius 3 is 2.69 bits per heavy atom. The maximum Gasteiger partial charge on any atom is 0.258 e. The van der Waals surface area contributed by atoms with Crippen molar-refractivity contribution in [3.8, 4) is 5.75 Å². The van der Waals surface area contributed by atoms with Gasteiger partial charge in [-0.05, 0) is 44.5 Å². The smallest absolute Gasteiger partial charge is 0.258 e. The zero-order valence-electron chi connectivity index (χ0n) is 17.4. The second-order valence-electron chi connectivity index (χ2n) is 7.12. The zero-order valence-corrected chi connectivity index (χ0v) is 17.4. The standard InChI is InChI=1S/C23H30N2O4/c1-4-28-15-16-29-19-10-7-9-18(17-19)23(2)24-21-12-6-5-11-20(21)22(26)25(23)13-8-14-27-3/h5-7,9-12,17,24H,4,8,13-16H2,1-3H3. The molecule has 0 spiro atoms. The highest BCUT2D eigenvalue weighted by Gasteiger charge is 2.42. The van der Waals surface area contributed by atoms with Gasteiger partial charge in [0.2, 0.25) is 0 Å². The number of nitrogens with zero attached hydrogens (tertiary/aromatic N) is 1. The number of anilines is 1. The van der Waals surface area contributed by atoms with Gasteiger partial charge < -0.3 is 24.4 Å². The molecule has 0 radical (unpaired) electrons. The van der Waals surface area contributed by atoms with E-state index in [-0.39, 0.29) is 5.91 Å². The molecule has 156 valence electrons. The van der Waals surface area contributed by atoms with Crippen LogP contribution in [0.1, 0.15) is 36.2 Å². The summed E-state index contributed by atoms with van der Waals surface area (Å²) in [5.41, 5.74) is 1.79. The lowest BCUT2D eigenvalue weighted by Crippen LogP contribution is -2.56. The van der Waals surface area contributed by atoms with Gasteiger partial charge in [-0.2, -0.15) is 0 Å². The summed E-state index contributed by atoms with van der Waals surface area (Å²) in [5.74, 6) is 0.772. The van der Waals surface area contributed by atoms with Crippen molar-refractivity contribution in [1.82, 2.24) is 4.90 Å². The van der Waals surface area contributed by atoms with Gasteiger partial charge in [-0.3, -0.25) is 4.79 Å². The topological polar surface area (TPSA) is 60.0 Å². The highest BCUT2D eigenvalue weighted by Crippen LogP contribution is 2.38. The van der Waals surface area contributed by atoms with Gasteiger partial charge in [0.05, 0.1) is 12.2 Å². The molecule has 0 bridgehead atoms. The molecular formula is C23H30N2O4. The van der Waals surface area contributed by atoms with Gasteiger partial charge in [0.1, 0.15) is 18.0 Å². The monoisotopic (exact) mass is 398 g/mol. The first-order valence-corrected chi connectivity index (χ1v) is 10.1. The van der Waals surface area contributed by atoms with Gasteiger partial charge in [0, 0.05) is 38.1 Å². The van der Waals surface area contributed by atoms with E-state index in [1.807, 2.05) is 67.3 Å². The predicted molar refractivity (Wildman–Crippen MR) is 113 cm³/mol. The molecule has 1 aliphatic rings. The van der Waals surface area contributed by atoms with Crippen LogP contribution in [0.4, 0.5) is 5.69 Å². The molecule has 1 aliphatic heterocycles. The molecule has 1 atom stereocenters. The molecule has 29 heavy (non-hydrogen) atoms. The van der Waals surface area contributed by atoms with E-state index in [4.69, 9.17) is 14.2 Å². The fourth-order valence-corrected chi connectivity index (χ4v) is 3.63. The number of ether oxygens (including phenoxy) is 3. The van der Waals surface area contributed by atoms with Crippen LogP contribution in [-0.4, -0.2) is 50.9 Å². The summed E-state index contributed by atoms with van der Waals surface area (Å²) in [6, 6.07) is 15.5. The minimum absolute atomic E-state index is 0.0145. The van der Waals surface area contributed by atoms with E-state index in [0.717, 1.165) is 23.4 Å². The lowest BCUT2D eigenvalue weighted by atomic mass is 9.93. The number of carbonyl (C=O) groups excluding carboxylic acids is 1. The zero-order chi connectivity index (χ0) is 20.7. The Labute approximate surface area is 172 Å². The fraction of sp³-hybridized carbons (Fsp3) is 0.435. The number of nitrogens with one attached hydrogen (secondary N) is 1. The Morgan fingerprint density at radius 2 is 1.90 bits per heavy atom. The molecule has 6 heteroatoms. The molecule has 2 aromatic carbocycles. The minimum atomic E-state index is -0.696. The number of amides is 1. The Balaban J connectivity index is 1.90. The average molecular weight is 399 g/mol. The number of benzene rings is 2. The van der Waals surface area contributed by atoms with Crippen LogP contribution in [0.3, 0.4) is 0 Å². The van der Waals surface area contributed by atoms with Crippen molar-refractivity contribution in [3.05, 3.63) is 59.7 Å². The van der Waals surface area contributed by atoms with Gasteiger partial charge in [-0.1, -0.05) is 24.3 Å². The Hall–Kier alpha value is -2.57. The molecule has 0 saturated heterocycles. The molecule has 1 amide bonds. The van der Waals surface area contributed by atoms with Crippen molar-refractivity contribution in [2.24, 2.45) is 0 Å². The second-order valence-corrected chi connectivity index (χ2v) is 7.12. The third-order valence-electron chi connectivity index (χ3n) is 5.15. The molecule has 0 aromatic heterocycles. The Kier molecular flexibility index (Phi) is 7.12. The predicted octanol–water partition coefficient (Wildman–Crippen LogP) is 3.88. The van der Waals surface area contributed by atoms with E-state index >= 15 is 0 Å². The van der Waals surface area contributed by atoms with Crippen molar-refractivity contribution in [2.75, 3.05) is 45.4 Å². The number of methoxy groups -OCH3 is 1. The molecule has 0 aliphatic carbocycles. The molecule has 2 aromatic rings. The lowest BCUT2D eigenvalue weighted by molar-refractivity contribution is 0.0503. The van der Waals surface area contributed by atoms with Crippen molar-refractivity contribution in [2.45, 2.75) is 25.9 Å². The van der Waals surface area contributed by atoms with Crippen LogP contribution < -0.4 is 10.1 Å². The highest BCUT2D eigenvalue weighted by molar-refractivity contribution is 6.02. The van der Waals surface area contributed by atoms with Gasteiger partial charge in [-0.25, -0.2) is 0 Å². The van der Waals surface area contributed by atoms with E-state index in [0.29, 0.717) is 38.5 Å². The maximum atomic E-state index is 13.3. The van der Waals surface area contributed by atoms with E-state index < -0.39 is 5.66 Å². The summed E-state index contributed by atoms with van der Waals surface area (Å²) in [4.78, 5) is 15.2. The third-order valence-corrected chi connectivity index (χ3v) is 5.15. The SMILES string of the molecule is CCOCCOc1cccc(C2(C)Nc3ccccc3C(=O)N2CCCOC)c1. The summed E-state index contributed by atoms with van der Waals surface area (Å²) in [6.07, 6.45) is 0.756. The molecule has 3 rings (SSSR count). The average Bonchev–Trinajstić information content (AvgIpc) is 2.74. The molecule has 6 nitrogen and oxygen atoms in total. The number of fused-ring (bicyclic) bond motifs is 1. The normalized spacial score (nSPS) is 18.3. The van der Waals surface area contributed by atoms with Gasteiger partial charge in [0.15, 0.2) is 0 Å². The third kappa shape index (κ3) is 4.71. The second kappa shape index (κ2) is 9.76. The lowest BCUT2D eigenvalue weighted by Gasteiger charge is -2.47. The summed E-state index contributed by atoms with van der Waals surface area (Å²) in [6.45, 7) is 6.88. The first-order chi connectivity index (χ1) is 14.1. The molecule has 1 N–H and O–H groups in total. The number of rotatable bonds is 10. The molecule has 0 saturated carbocycles. The summed E-state index contributed by atoms with van der Waals surface area (Å²) >= 11 is 0. The van der Waals surface area contributed by atoms with Crippen LogP contribution in [-0.2, 0) is 15.1 Å². The van der Waals surface area contributed by atoms with E-state index in [2.05, 4.69) is 5.32 Å². The number of hydrogen-bond acceptors (Lipinski definition) is 5. The maximum absolute atomic E-state index is 13.3. The molecular weight excluding hydrogens is 368 g/mol. The number of hydrogen-bond donors (Lipinski definition) is 1. The summed E-state index contributed by atoms with van der Waals surface area (Å²) in [7, 11) is 1.67. The van der Waals surface area contributed by atoms with E-state index in [1.165, 1.54) is 0 Å². The van der Waals surface area contributed by atoms with Crippen LogP contribution in [0.25, 0.3) is 0 Å². The summed E-state index contributed by atoms with van der Waals surface area (Å²) < 4.78 is 16.4. The largest absolute Gasteiger partial charge is 0.491 e. The van der Waals surface area contributed by atoms with Crippen LogP contribution in [0.15, 0.2) is 48.5 Å². The van der Waals surface area contributed by atoms with Gasteiger partial charge in [-0.15, -0.1) is 0 Å². The quantitative estimate of drug-likeness (QED) is 0.616. The minimum Gasteiger partial charge on any atom is -0.491 e. The first-order valence-electron chi connectivity index (χ1n) is 10.1. The molecule has 0 fully saturated rings. The van der Waals surface area contributed by atoms with E-state index in [9.17, 15) is 4.79 Å². The van der Waals surface area contributed by atoms with E-state index in [1.54, 1.807) is 7.11 Å². The Morgan fingerprint density at radius 1 is 1.07 bits per heavy atom. The van der Waals surface area contributed by atoms with Gasteiger partial charge >= 0.3 is 0 Å². The van der Waals surface area contributed by atoms with Crippen molar-refractivity contribution >= 4 is 11.6 Å². The molecule has 1 heterocycles.